The Hall–Kier alpha value is -1.49. The maximum atomic E-state index is 12.1. The first kappa shape index (κ1) is 11.6. The Morgan fingerprint density at radius 2 is 2.11 bits per heavy atom. The molecule has 0 spiro atoms. The van der Waals surface area contributed by atoms with Crippen LogP contribution < -0.4 is 5.32 Å². The van der Waals surface area contributed by atoms with Crippen LogP contribution in [0.3, 0.4) is 0 Å². The van der Waals surface area contributed by atoms with Gasteiger partial charge in [-0.3, -0.25) is 14.7 Å². The van der Waals surface area contributed by atoms with E-state index >= 15 is 0 Å². The Labute approximate surface area is 107 Å². The molecule has 5 nitrogen and oxygen atoms in total. The Kier molecular flexibility index (Phi) is 3.23. The van der Waals surface area contributed by atoms with Crippen molar-refractivity contribution in [2.45, 2.75) is 37.8 Å². The first-order valence-electron chi connectivity index (χ1n) is 6.65. The largest absolute Gasteiger partial charge is 0.346 e. The van der Waals surface area contributed by atoms with Crippen molar-refractivity contribution in [3.05, 3.63) is 24.3 Å². The second kappa shape index (κ2) is 5.02. The van der Waals surface area contributed by atoms with Gasteiger partial charge >= 0.3 is 0 Å². The Bertz CT molecular complexity index is 422. The zero-order chi connectivity index (χ0) is 12.4. The maximum absolute atomic E-state index is 12.1. The van der Waals surface area contributed by atoms with E-state index in [9.17, 15) is 4.79 Å². The molecule has 1 amide bonds. The van der Waals surface area contributed by atoms with Crippen LogP contribution in [0.4, 0.5) is 0 Å². The van der Waals surface area contributed by atoms with Crippen LogP contribution in [-0.4, -0.2) is 45.9 Å². The first-order chi connectivity index (χ1) is 8.84. The summed E-state index contributed by atoms with van der Waals surface area (Å²) in [5.74, 6) is -0.0955. The van der Waals surface area contributed by atoms with Gasteiger partial charge < -0.3 is 5.32 Å². The molecule has 0 unspecified atom stereocenters. The van der Waals surface area contributed by atoms with E-state index in [4.69, 9.17) is 0 Å². The number of nitrogens with zero attached hydrogens (tertiary/aromatic N) is 3. The Morgan fingerprint density at radius 1 is 1.28 bits per heavy atom. The van der Waals surface area contributed by atoms with E-state index < -0.39 is 0 Å². The van der Waals surface area contributed by atoms with E-state index in [1.807, 2.05) is 0 Å². The van der Waals surface area contributed by atoms with Gasteiger partial charge in [-0.25, -0.2) is 4.98 Å². The highest BCUT2D eigenvalue weighted by molar-refractivity contribution is 5.92. The van der Waals surface area contributed by atoms with E-state index in [1.165, 1.54) is 38.5 Å². The number of nitrogens with one attached hydrogen (secondary N) is 1. The smallest absolute Gasteiger partial charge is 0.271 e. The molecule has 1 aromatic heterocycles. The van der Waals surface area contributed by atoms with Crippen molar-refractivity contribution < 1.29 is 4.79 Å². The topological polar surface area (TPSA) is 58.1 Å². The molecule has 2 aliphatic rings. The number of rotatable bonds is 2. The zero-order valence-corrected chi connectivity index (χ0v) is 10.4. The molecule has 5 heteroatoms. The number of hydrogen-bond acceptors (Lipinski definition) is 4. The zero-order valence-electron chi connectivity index (χ0n) is 10.4. The third-order valence-corrected chi connectivity index (χ3v) is 3.95. The van der Waals surface area contributed by atoms with Crippen LogP contribution in [0.2, 0.25) is 0 Å². The van der Waals surface area contributed by atoms with Gasteiger partial charge in [-0.1, -0.05) is 0 Å². The van der Waals surface area contributed by atoms with Crippen molar-refractivity contribution in [1.29, 1.82) is 0 Å². The van der Waals surface area contributed by atoms with E-state index in [0.717, 1.165) is 6.42 Å². The number of amides is 1. The van der Waals surface area contributed by atoms with Gasteiger partial charge in [-0.05, 0) is 38.8 Å². The summed E-state index contributed by atoms with van der Waals surface area (Å²) in [6.45, 7) is 2.37. The predicted molar refractivity (Wildman–Crippen MR) is 67.1 cm³/mol. The van der Waals surface area contributed by atoms with Crippen molar-refractivity contribution in [2.24, 2.45) is 0 Å². The van der Waals surface area contributed by atoms with Crippen molar-refractivity contribution in [3.63, 3.8) is 0 Å². The Balaban J connectivity index is 1.67. The van der Waals surface area contributed by atoms with Gasteiger partial charge in [0.15, 0.2) is 0 Å². The molecule has 0 radical (unpaired) electrons. The second-order valence-electron chi connectivity index (χ2n) is 5.06. The molecule has 3 rings (SSSR count). The number of piperidine rings is 1. The van der Waals surface area contributed by atoms with Crippen LogP contribution in [-0.2, 0) is 0 Å². The summed E-state index contributed by atoms with van der Waals surface area (Å²) in [5.41, 5.74) is 0.410. The van der Waals surface area contributed by atoms with Crippen molar-refractivity contribution in [3.8, 4) is 0 Å². The minimum absolute atomic E-state index is 0.0955. The van der Waals surface area contributed by atoms with Gasteiger partial charge in [0.1, 0.15) is 5.69 Å². The van der Waals surface area contributed by atoms with E-state index in [2.05, 4.69) is 20.2 Å². The highest BCUT2D eigenvalue weighted by atomic mass is 16.2. The average Bonchev–Trinajstić information content (AvgIpc) is 2.89. The van der Waals surface area contributed by atoms with Crippen LogP contribution in [0.25, 0.3) is 0 Å². The minimum Gasteiger partial charge on any atom is -0.346 e. The average molecular weight is 246 g/mol. The fraction of sp³-hybridized carbons (Fsp3) is 0.615. The monoisotopic (exact) mass is 246 g/mol. The second-order valence-corrected chi connectivity index (χ2v) is 5.06. The molecule has 3 heterocycles. The van der Waals surface area contributed by atoms with Crippen molar-refractivity contribution in [1.82, 2.24) is 20.2 Å². The highest BCUT2D eigenvalue weighted by Crippen LogP contribution is 2.27. The summed E-state index contributed by atoms with van der Waals surface area (Å²) in [5, 5.41) is 3.12. The van der Waals surface area contributed by atoms with E-state index in [-0.39, 0.29) is 11.9 Å². The number of carbonyl (C=O) groups excluding carboxylic acids is 1. The number of fused-ring (bicyclic) bond motifs is 1. The van der Waals surface area contributed by atoms with E-state index in [1.54, 1.807) is 12.4 Å². The first-order valence-corrected chi connectivity index (χ1v) is 6.65. The molecule has 0 saturated carbocycles. The normalized spacial score (nSPS) is 27.8. The quantitative estimate of drug-likeness (QED) is 0.840. The van der Waals surface area contributed by atoms with Gasteiger partial charge in [-0.2, -0.15) is 0 Å². The lowest BCUT2D eigenvalue weighted by Gasteiger charge is -2.36. The van der Waals surface area contributed by atoms with Crippen LogP contribution in [0.15, 0.2) is 18.6 Å². The summed E-state index contributed by atoms with van der Waals surface area (Å²) < 4.78 is 0. The van der Waals surface area contributed by atoms with Crippen LogP contribution in [0, 0.1) is 0 Å². The lowest BCUT2D eigenvalue weighted by atomic mass is 9.96. The molecular weight excluding hydrogens is 228 g/mol. The fourth-order valence-corrected chi connectivity index (χ4v) is 3.12. The molecule has 2 aliphatic heterocycles. The molecular formula is C13H18N4O. The van der Waals surface area contributed by atoms with Gasteiger partial charge in [0.2, 0.25) is 0 Å². The van der Waals surface area contributed by atoms with Crippen molar-refractivity contribution >= 4 is 5.91 Å². The number of aromatic nitrogens is 2. The summed E-state index contributed by atoms with van der Waals surface area (Å²) >= 11 is 0. The Morgan fingerprint density at radius 3 is 2.89 bits per heavy atom. The maximum Gasteiger partial charge on any atom is 0.271 e. The summed E-state index contributed by atoms with van der Waals surface area (Å²) in [6.07, 6.45) is 9.35. The van der Waals surface area contributed by atoms with E-state index in [0.29, 0.717) is 11.7 Å². The standard InChI is InChI=1S/C13H18N4O/c18-13(11-9-14-5-6-15-11)16-10-3-1-7-17-8-2-4-12(10)17/h5-6,9-10,12H,1-4,7-8H2,(H,16,18)/t10-,12-/m0/s1. The SMILES string of the molecule is O=C(N[C@H]1CCCN2CCC[C@@H]12)c1cnccn1. The van der Waals surface area contributed by atoms with Crippen LogP contribution in [0.5, 0.6) is 0 Å². The van der Waals surface area contributed by atoms with Gasteiger partial charge in [-0.15, -0.1) is 0 Å². The molecule has 1 N–H and O–H groups in total. The third-order valence-electron chi connectivity index (χ3n) is 3.95. The number of hydrogen-bond donors (Lipinski definition) is 1. The van der Waals surface area contributed by atoms with Gasteiger partial charge in [0, 0.05) is 24.5 Å². The molecule has 2 fully saturated rings. The lowest BCUT2D eigenvalue weighted by molar-refractivity contribution is 0.0862. The predicted octanol–water partition coefficient (Wildman–Crippen LogP) is 0.833. The highest BCUT2D eigenvalue weighted by Gasteiger charge is 2.35. The molecule has 2 atom stereocenters. The molecule has 0 aliphatic carbocycles. The lowest BCUT2D eigenvalue weighted by Crippen LogP contribution is -2.52. The molecule has 1 aromatic rings. The molecule has 2 saturated heterocycles. The fourth-order valence-electron chi connectivity index (χ4n) is 3.12. The molecule has 0 aromatic carbocycles. The molecule has 0 bridgehead atoms. The van der Waals surface area contributed by atoms with Crippen LogP contribution in [0.1, 0.15) is 36.2 Å². The number of carbonyl (C=O) groups is 1. The van der Waals surface area contributed by atoms with Gasteiger partial charge in [0.05, 0.1) is 6.20 Å². The molecule has 96 valence electrons. The summed E-state index contributed by atoms with van der Waals surface area (Å²) in [7, 11) is 0. The third kappa shape index (κ3) is 2.22. The van der Waals surface area contributed by atoms with Crippen molar-refractivity contribution in [2.75, 3.05) is 13.1 Å². The summed E-state index contributed by atoms with van der Waals surface area (Å²) in [6, 6.07) is 0.801. The molecule has 18 heavy (non-hydrogen) atoms. The van der Waals surface area contributed by atoms with Gasteiger partial charge in [0.25, 0.3) is 5.91 Å². The minimum atomic E-state index is -0.0955. The summed E-state index contributed by atoms with van der Waals surface area (Å²) in [4.78, 5) is 22.5. The van der Waals surface area contributed by atoms with Crippen LogP contribution >= 0.6 is 0 Å².